The van der Waals surface area contributed by atoms with E-state index in [0.29, 0.717) is 22.5 Å². The normalized spacial score (nSPS) is 10.9. The number of benzene rings is 2. The fourth-order valence-corrected chi connectivity index (χ4v) is 3.31. The van der Waals surface area contributed by atoms with Crippen molar-refractivity contribution < 1.29 is 9.26 Å². The lowest BCUT2D eigenvalue weighted by Gasteiger charge is -2.07. The molecule has 0 spiro atoms. The molecular formula is C18H14ClN5O2S. The number of hydrogen-bond acceptors (Lipinski definition) is 7. The molecule has 0 saturated heterocycles. The van der Waals surface area contributed by atoms with Crippen LogP contribution in [0, 0.1) is 0 Å². The molecule has 0 saturated carbocycles. The van der Waals surface area contributed by atoms with Crippen molar-refractivity contribution in [1.29, 1.82) is 0 Å². The molecular weight excluding hydrogens is 386 g/mol. The lowest BCUT2D eigenvalue weighted by atomic mass is 10.2. The number of thioether (sulfide) groups is 1. The maximum absolute atomic E-state index is 5.90. The number of nitrogens with zero attached hydrogens (tertiary/aromatic N) is 5. The van der Waals surface area contributed by atoms with E-state index >= 15 is 0 Å². The Kier molecular flexibility index (Phi) is 5.08. The predicted molar refractivity (Wildman–Crippen MR) is 102 cm³/mol. The van der Waals surface area contributed by atoms with Crippen LogP contribution in [0.5, 0.6) is 5.75 Å². The third-order valence-electron chi connectivity index (χ3n) is 3.74. The highest BCUT2D eigenvalue weighted by Gasteiger charge is 2.13. The molecule has 2 aromatic carbocycles. The summed E-state index contributed by atoms with van der Waals surface area (Å²) in [5.41, 5.74) is 1.76. The first-order valence-electron chi connectivity index (χ1n) is 7.99. The summed E-state index contributed by atoms with van der Waals surface area (Å²) in [4.78, 5) is 4.42. The van der Waals surface area contributed by atoms with Crippen LogP contribution < -0.4 is 4.74 Å². The first-order valence-corrected chi connectivity index (χ1v) is 9.35. The Labute approximate surface area is 164 Å². The summed E-state index contributed by atoms with van der Waals surface area (Å²) in [6.07, 6.45) is 1.66. The average Bonchev–Trinajstić information content (AvgIpc) is 3.36. The first-order chi connectivity index (χ1) is 13.2. The van der Waals surface area contributed by atoms with Crippen LogP contribution in [0.2, 0.25) is 5.02 Å². The quantitative estimate of drug-likeness (QED) is 0.448. The molecule has 27 heavy (non-hydrogen) atoms. The van der Waals surface area contributed by atoms with Crippen molar-refractivity contribution in [3.05, 3.63) is 65.8 Å². The topological polar surface area (TPSA) is 78.9 Å². The van der Waals surface area contributed by atoms with Crippen molar-refractivity contribution in [2.75, 3.05) is 7.11 Å². The molecule has 0 unspecified atom stereocenters. The third-order valence-corrected chi connectivity index (χ3v) is 4.92. The van der Waals surface area contributed by atoms with Gasteiger partial charge in [-0.1, -0.05) is 34.6 Å². The summed E-state index contributed by atoms with van der Waals surface area (Å²) in [5, 5.41) is 13.6. The lowest BCUT2D eigenvalue weighted by molar-refractivity contribution is 0.391. The summed E-state index contributed by atoms with van der Waals surface area (Å²) in [6.45, 7) is 0. The molecule has 0 fully saturated rings. The summed E-state index contributed by atoms with van der Waals surface area (Å²) < 4.78 is 12.5. The van der Waals surface area contributed by atoms with Gasteiger partial charge in [0.05, 0.1) is 18.6 Å². The molecule has 4 rings (SSSR count). The van der Waals surface area contributed by atoms with Crippen molar-refractivity contribution in [1.82, 2.24) is 24.9 Å². The monoisotopic (exact) mass is 399 g/mol. The van der Waals surface area contributed by atoms with Gasteiger partial charge in [0.2, 0.25) is 11.7 Å². The van der Waals surface area contributed by atoms with E-state index in [9.17, 15) is 0 Å². The SMILES string of the molecule is COc1cccc(-n2cnnc2SCc2nc(-c3ccc(Cl)cc3)no2)c1. The van der Waals surface area contributed by atoms with Crippen LogP contribution in [0.25, 0.3) is 17.1 Å². The number of ether oxygens (including phenoxy) is 1. The second-order valence-electron chi connectivity index (χ2n) is 5.49. The molecule has 0 amide bonds. The molecule has 0 N–H and O–H groups in total. The molecule has 0 bridgehead atoms. The minimum Gasteiger partial charge on any atom is -0.497 e. The highest BCUT2D eigenvalue weighted by atomic mass is 35.5. The van der Waals surface area contributed by atoms with Gasteiger partial charge in [-0.15, -0.1) is 10.2 Å². The van der Waals surface area contributed by atoms with Crippen molar-refractivity contribution in [3.8, 4) is 22.8 Å². The van der Waals surface area contributed by atoms with Gasteiger partial charge in [0, 0.05) is 16.7 Å². The van der Waals surface area contributed by atoms with Gasteiger partial charge in [-0.25, -0.2) is 0 Å². The second kappa shape index (κ2) is 7.81. The summed E-state index contributed by atoms with van der Waals surface area (Å²) >= 11 is 7.36. The third kappa shape index (κ3) is 3.96. The number of hydrogen-bond donors (Lipinski definition) is 0. The maximum Gasteiger partial charge on any atom is 0.237 e. The Balaban J connectivity index is 1.49. The predicted octanol–water partition coefficient (Wildman–Crippen LogP) is 4.27. The smallest absolute Gasteiger partial charge is 0.237 e. The second-order valence-corrected chi connectivity index (χ2v) is 6.87. The average molecular weight is 400 g/mol. The van der Waals surface area contributed by atoms with Gasteiger partial charge in [0.1, 0.15) is 12.1 Å². The van der Waals surface area contributed by atoms with Gasteiger partial charge in [-0.2, -0.15) is 4.98 Å². The molecule has 136 valence electrons. The summed E-state index contributed by atoms with van der Waals surface area (Å²) in [6, 6.07) is 15.0. The van der Waals surface area contributed by atoms with Crippen LogP contribution in [0.3, 0.4) is 0 Å². The zero-order valence-electron chi connectivity index (χ0n) is 14.2. The van der Waals surface area contributed by atoms with E-state index in [-0.39, 0.29) is 0 Å². The van der Waals surface area contributed by atoms with Crippen molar-refractivity contribution >= 4 is 23.4 Å². The van der Waals surface area contributed by atoms with Crippen molar-refractivity contribution in [3.63, 3.8) is 0 Å². The maximum atomic E-state index is 5.90. The molecule has 0 radical (unpaired) electrons. The number of rotatable bonds is 6. The molecule has 4 aromatic rings. The van der Waals surface area contributed by atoms with Crippen LogP contribution in [-0.4, -0.2) is 32.0 Å². The molecule has 0 aliphatic carbocycles. The molecule has 0 aliphatic rings. The Morgan fingerprint density at radius 3 is 2.85 bits per heavy atom. The van der Waals surface area contributed by atoms with Crippen LogP contribution >= 0.6 is 23.4 Å². The van der Waals surface area contributed by atoms with Gasteiger partial charge in [-0.05, 0) is 36.4 Å². The van der Waals surface area contributed by atoms with E-state index < -0.39 is 0 Å². The summed E-state index contributed by atoms with van der Waals surface area (Å²) in [5.74, 6) is 2.27. The minimum absolute atomic E-state index is 0.475. The van der Waals surface area contributed by atoms with Crippen LogP contribution in [0.4, 0.5) is 0 Å². The number of halogens is 1. The molecule has 9 heteroatoms. The van der Waals surface area contributed by atoms with Gasteiger partial charge in [0.25, 0.3) is 0 Å². The molecule has 0 aliphatic heterocycles. The first kappa shape index (κ1) is 17.6. The Morgan fingerprint density at radius 2 is 2.04 bits per heavy atom. The molecule has 7 nitrogen and oxygen atoms in total. The van der Waals surface area contributed by atoms with E-state index in [4.69, 9.17) is 20.9 Å². The lowest BCUT2D eigenvalue weighted by Crippen LogP contribution is -1.96. The van der Waals surface area contributed by atoms with Crippen LogP contribution in [0.1, 0.15) is 5.89 Å². The summed E-state index contributed by atoms with van der Waals surface area (Å²) in [7, 11) is 1.63. The van der Waals surface area contributed by atoms with E-state index in [2.05, 4.69) is 20.3 Å². The van der Waals surface area contributed by atoms with E-state index in [0.717, 1.165) is 22.2 Å². The van der Waals surface area contributed by atoms with Gasteiger partial charge in [-0.3, -0.25) is 4.57 Å². The molecule has 0 atom stereocenters. The zero-order valence-corrected chi connectivity index (χ0v) is 15.8. The van der Waals surface area contributed by atoms with Crippen molar-refractivity contribution in [2.45, 2.75) is 10.9 Å². The van der Waals surface area contributed by atoms with E-state index in [1.165, 1.54) is 11.8 Å². The van der Waals surface area contributed by atoms with Crippen molar-refractivity contribution in [2.24, 2.45) is 0 Å². The largest absolute Gasteiger partial charge is 0.497 e. The number of aromatic nitrogens is 5. The highest BCUT2D eigenvalue weighted by Crippen LogP contribution is 2.26. The Bertz CT molecular complexity index is 1050. The van der Waals surface area contributed by atoms with Crippen LogP contribution in [0.15, 0.2) is 64.5 Å². The Morgan fingerprint density at radius 1 is 1.19 bits per heavy atom. The van der Waals surface area contributed by atoms with Gasteiger partial charge in [0.15, 0.2) is 5.16 Å². The Hall–Kier alpha value is -2.84. The fourth-order valence-electron chi connectivity index (χ4n) is 2.42. The molecule has 2 aromatic heterocycles. The standard InChI is InChI=1S/C18H14ClN5O2S/c1-25-15-4-2-3-14(9-15)24-11-20-22-18(24)27-10-16-21-17(23-26-16)12-5-7-13(19)8-6-12/h2-9,11H,10H2,1H3. The van der Waals surface area contributed by atoms with Crippen LogP contribution in [-0.2, 0) is 5.75 Å². The van der Waals surface area contributed by atoms with E-state index in [1.54, 1.807) is 25.6 Å². The van der Waals surface area contributed by atoms with Gasteiger partial charge >= 0.3 is 0 Å². The number of methoxy groups -OCH3 is 1. The molecule has 2 heterocycles. The highest BCUT2D eigenvalue weighted by molar-refractivity contribution is 7.98. The van der Waals surface area contributed by atoms with Gasteiger partial charge < -0.3 is 9.26 Å². The minimum atomic E-state index is 0.475. The fraction of sp³-hybridized carbons (Fsp3) is 0.111. The zero-order chi connectivity index (χ0) is 18.6. The van der Waals surface area contributed by atoms with E-state index in [1.807, 2.05) is 41.0 Å².